The number of rotatable bonds is 6. The molecule has 0 unspecified atom stereocenters. The van der Waals surface area contributed by atoms with Gasteiger partial charge in [-0.1, -0.05) is 0 Å². The zero-order chi connectivity index (χ0) is 14.6. The largest absolute Gasteiger partial charge is 0.411 e. The lowest BCUT2D eigenvalue weighted by molar-refractivity contribution is -0.178. The summed E-state index contributed by atoms with van der Waals surface area (Å²) in [6.07, 6.45) is -0.0444. The Labute approximate surface area is 128 Å². The quantitative estimate of drug-likeness (QED) is 0.809. The first-order valence-electron chi connectivity index (χ1n) is 7.10. The average Bonchev–Trinajstić information content (AvgIpc) is 3.19. The van der Waals surface area contributed by atoms with Crippen molar-refractivity contribution in [2.24, 2.45) is 5.92 Å². The predicted molar refractivity (Wildman–Crippen MR) is 74.5 cm³/mol. The van der Waals surface area contributed by atoms with E-state index in [4.69, 9.17) is 0 Å². The molecule has 0 atom stereocenters. The van der Waals surface area contributed by atoms with E-state index in [1.165, 1.54) is 12.8 Å². The third-order valence-electron chi connectivity index (χ3n) is 3.73. The average molecular weight is 331 g/mol. The van der Waals surface area contributed by atoms with Gasteiger partial charge in [-0.3, -0.25) is 4.79 Å². The maximum Gasteiger partial charge on any atom is 0.411 e. The maximum atomic E-state index is 11.9. The summed E-state index contributed by atoms with van der Waals surface area (Å²) in [5.41, 5.74) is 0. The molecule has 2 aliphatic rings. The lowest BCUT2D eigenvalue weighted by atomic mass is 10.0. The van der Waals surface area contributed by atoms with Crippen molar-refractivity contribution < 1.29 is 22.7 Å². The Morgan fingerprint density at radius 3 is 2.33 bits per heavy atom. The summed E-state index contributed by atoms with van der Waals surface area (Å²) < 4.78 is 40.1. The van der Waals surface area contributed by atoms with Crippen LogP contribution in [-0.2, 0) is 9.53 Å². The van der Waals surface area contributed by atoms with Gasteiger partial charge in [-0.25, -0.2) is 0 Å². The molecule has 1 heterocycles. The summed E-state index contributed by atoms with van der Waals surface area (Å²) in [4.78, 5) is 13.3. The van der Waals surface area contributed by atoms with Crippen LogP contribution >= 0.6 is 12.4 Å². The third-order valence-corrected chi connectivity index (χ3v) is 3.73. The van der Waals surface area contributed by atoms with Gasteiger partial charge in [-0.05, 0) is 38.1 Å². The fourth-order valence-electron chi connectivity index (χ4n) is 2.33. The van der Waals surface area contributed by atoms with Gasteiger partial charge in [0, 0.05) is 19.1 Å². The number of ether oxygens (including phenoxy) is 1. The number of amides is 1. The van der Waals surface area contributed by atoms with Gasteiger partial charge < -0.3 is 15.0 Å². The molecule has 2 rings (SSSR count). The third kappa shape index (κ3) is 7.33. The van der Waals surface area contributed by atoms with E-state index < -0.39 is 19.4 Å². The number of hydrogen-bond acceptors (Lipinski definition) is 3. The molecule has 4 nitrogen and oxygen atoms in total. The van der Waals surface area contributed by atoms with Crippen LogP contribution in [0, 0.1) is 5.92 Å². The van der Waals surface area contributed by atoms with E-state index in [2.05, 4.69) is 10.1 Å². The van der Waals surface area contributed by atoms with Crippen LogP contribution in [0.2, 0.25) is 0 Å². The number of nitrogens with zero attached hydrogens (tertiary/aromatic N) is 1. The number of nitrogens with one attached hydrogen (secondary N) is 1. The van der Waals surface area contributed by atoms with Gasteiger partial charge in [-0.2, -0.15) is 13.2 Å². The Kier molecular flexibility index (Phi) is 7.23. The van der Waals surface area contributed by atoms with Crippen LogP contribution in [0.15, 0.2) is 0 Å². The Balaban J connectivity index is 0.00000220. The topological polar surface area (TPSA) is 41.6 Å². The molecule has 1 N–H and O–H groups in total. The van der Waals surface area contributed by atoms with Gasteiger partial charge in [0.25, 0.3) is 0 Å². The second kappa shape index (κ2) is 8.19. The molecule has 1 aliphatic carbocycles. The van der Waals surface area contributed by atoms with Crippen molar-refractivity contribution in [3.63, 3.8) is 0 Å². The molecule has 0 bridgehead atoms. The fourth-order valence-corrected chi connectivity index (χ4v) is 2.33. The van der Waals surface area contributed by atoms with Crippen molar-refractivity contribution >= 4 is 18.3 Å². The minimum atomic E-state index is -4.37. The fraction of sp³-hybridized carbons (Fsp3) is 0.923. The molecule has 1 saturated carbocycles. The first-order valence-corrected chi connectivity index (χ1v) is 7.10. The number of hydrogen-bond donors (Lipinski definition) is 1. The van der Waals surface area contributed by atoms with E-state index in [0.29, 0.717) is 19.1 Å². The van der Waals surface area contributed by atoms with Crippen LogP contribution in [0.25, 0.3) is 0 Å². The standard InChI is InChI=1S/C13H21F3N2O2.ClH/c14-13(15,16)9-20-8-12(19)18-5-3-11(4-6-18)17-7-10-1-2-10;/h10-11,17H,1-9H2;1H. The van der Waals surface area contributed by atoms with Gasteiger partial charge in [0.05, 0.1) is 0 Å². The van der Waals surface area contributed by atoms with Crippen molar-refractivity contribution in [1.29, 1.82) is 0 Å². The van der Waals surface area contributed by atoms with Crippen LogP contribution in [-0.4, -0.2) is 55.9 Å². The summed E-state index contributed by atoms with van der Waals surface area (Å²) in [6, 6.07) is 0.427. The molecule has 2 fully saturated rings. The van der Waals surface area contributed by atoms with Gasteiger partial charge in [0.1, 0.15) is 13.2 Å². The lowest BCUT2D eigenvalue weighted by Crippen LogP contribution is -2.46. The first-order chi connectivity index (χ1) is 9.44. The van der Waals surface area contributed by atoms with E-state index >= 15 is 0 Å². The summed E-state index contributed by atoms with van der Waals surface area (Å²) in [7, 11) is 0. The molecule has 1 saturated heterocycles. The Morgan fingerprint density at radius 2 is 1.81 bits per heavy atom. The number of likely N-dealkylation sites (tertiary alicyclic amines) is 1. The Morgan fingerprint density at radius 1 is 1.19 bits per heavy atom. The van der Waals surface area contributed by atoms with E-state index in [1.807, 2.05) is 0 Å². The van der Waals surface area contributed by atoms with Crippen LogP contribution in [0.4, 0.5) is 13.2 Å². The zero-order valence-electron chi connectivity index (χ0n) is 11.8. The van der Waals surface area contributed by atoms with E-state index in [0.717, 1.165) is 25.3 Å². The predicted octanol–water partition coefficient (Wildman–Crippen LogP) is 1.98. The molecule has 0 radical (unpaired) electrons. The molecule has 0 aromatic carbocycles. The molecule has 8 heteroatoms. The highest BCUT2D eigenvalue weighted by molar-refractivity contribution is 5.85. The highest BCUT2D eigenvalue weighted by Gasteiger charge is 2.29. The van der Waals surface area contributed by atoms with Crippen molar-refractivity contribution in [2.75, 3.05) is 32.8 Å². The second-order valence-corrected chi connectivity index (χ2v) is 5.61. The Hall–Kier alpha value is -0.530. The highest BCUT2D eigenvalue weighted by Crippen LogP contribution is 2.28. The molecule has 124 valence electrons. The van der Waals surface area contributed by atoms with Crippen molar-refractivity contribution in [2.45, 2.75) is 37.9 Å². The first kappa shape index (κ1) is 18.5. The van der Waals surface area contributed by atoms with Gasteiger partial charge in [0.2, 0.25) is 5.91 Å². The summed E-state index contributed by atoms with van der Waals surface area (Å²) in [5, 5.41) is 3.49. The van der Waals surface area contributed by atoms with Crippen LogP contribution in [0.5, 0.6) is 0 Å². The number of halogens is 4. The van der Waals surface area contributed by atoms with Crippen LogP contribution in [0.3, 0.4) is 0 Å². The summed E-state index contributed by atoms with van der Waals surface area (Å²) in [5.74, 6) is 0.473. The minimum Gasteiger partial charge on any atom is -0.362 e. The van der Waals surface area contributed by atoms with Gasteiger partial charge in [-0.15, -0.1) is 12.4 Å². The molecular weight excluding hydrogens is 309 g/mol. The molecule has 21 heavy (non-hydrogen) atoms. The number of carbonyl (C=O) groups excluding carboxylic acids is 1. The number of carbonyl (C=O) groups is 1. The van der Waals surface area contributed by atoms with Crippen LogP contribution in [0.1, 0.15) is 25.7 Å². The number of alkyl halides is 3. The molecular formula is C13H22ClF3N2O2. The van der Waals surface area contributed by atoms with Crippen LogP contribution < -0.4 is 5.32 Å². The summed E-state index contributed by atoms with van der Waals surface area (Å²) >= 11 is 0. The van der Waals surface area contributed by atoms with Gasteiger partial charge in [0.15, 0.2) is 0 Å². The smallest absolute Gasteiger partial charge is 0.362 e. The lowest BCUT2D eigenvalue weighted by Gasteiger charge is -2.32. The molecule has 0 spiro atoms. The van der Waals surface area contributed by atoms with Crippen molar-refractivity contribution in [3.05, 3.63) is 0 Å². The second-order valence-electron chi connectivity index (χ2n) is 5.61. The Bertz CT molecular complexity index is 330. The highest BCUT2D eigenvalue weighted by atomic mass is 35.5. The molecule has 1 amide bonds. The van der Waals surface area contributed by atoms with Crippen molar-refractivity contribution in [1.82, 2.24) is 10.2 Å². The molecule has 0 aromatic heterocycles. The summed E-state index contributed by atoms with van der Waals surface area (Å²) in [6.45, 7) is 0.387. The molecule has 1 aliphatic heterocycles. The SMILES string of the molecule is Cl.O=C(COCC(F)(F)F)N1CCC(NCC2CC2)CC1. The van der Waals surface area contributed by atoms with E-state index in [1.54, 1.807) is 4.90 Å². The van der Waals surface area contributed by atoms with E-state index in [-0.39, 0.29) is 18.3 Å². The van der Waals surface area contributed by atoms with Gasteiger partial charge >= 0.3 is 6.18 Å². The monoisotopic (exact) mass is 330 g/mol. The minimum absolute atomic E-state index is 0. The normalized spacial score (nSPS) is 20.2. The maximum absolute atomic E-state index is 11.9. The molecule has 0 aromatic rings. The number of piperidine rings is 1. The van der Waals surface area contributed by atoms with E-state index in [9.17, 15) is 18.0 Å². The zero-order valence-corrected chi connectivity index (χ0v) is 12.6. The van der Waals surface area contributed by atoms with Crippen molar-refractivity contribution in [3.8, 4) is 0 Å².